The van der Waals surface area contributed by atoms with Gasteiger partial charge in [-0.1, -0.05) is 206 Å². The molecule has 0 aromatic carbocycles. The van der Waals surface area contributed by atoms with E-state index in [0.717, 1.165) is 51.4 Å². The lowest BCUT2D eigenvalue weighted by molar-refractivity contribution is -0.161. The molecule has 0 bridgehead atoms. The van der Waals surface area contributed by atoms with Crippen molar-refractivity contribution >= 4 is 19.8 Å². The predicted octanol–water partition coefficient (Wildman–Crippen LogP) is 14.2. The molecule has 0 saturated carbocycles. The summed E-state index contributed by atoms with van der Waals surface area (Å²) in [6.07, 6.45) is 46.5. The highest BCUT2D eigenvalue weighted by Crippen LogP contribution is 2.36. The van der Waals surface area contributed by atoms with Gasteiger partial charge >= 0.3 is 19.8 Å². The second-order valence-electron chi connectivity index (χ2n) is 15.7. The molecular weight excluding hydrogens is 699 g/mol. The fraction of sp³-hybridized carbons (Fsp3) is 0.911. The summed E-state index contributed by atoms with van der Waals surface area (Å²) >= 11 is 0. The Labute approximate surface area is 333 Å². The van der Waals surface area contributed by atoms with Crippen molar-refractivity contribution in [1.82, 2.24) is 0 Å². The van der Waals surface area contributed by atoms with E-state index in [0.29, 0.717) is 6.42 Å². The van der Waals surface area contributed by atoms with Gasteiger partial charge < -0.3 is 19.3 Å². The Balaban J connectivity index is 3.81. The van der Waals surface area contributed by atoms with Crippen LogP contribution in [0, 0.1) is 0 Å². The third kappa shape index (κ3) is 43.5. The average molecular weight is 787 g/mol. The zero-order valence-corrected chi connectivity index (χ0v) is 36.3. The van der Waals surface area contributed by atoms with Gasteiger partial charge in [0.15, 0.2) is 6.10 Å². The lowest BCUT2D eigenvalue weighted by atomic mass is 10.0. The Morgan fingerprint density at radius 1 is 0.463 bits per heavy atom. The molecule has 0 aliphatic carbocycles. The lowest BCUT2D eigenvalue weighted by Gasteiger charge is -2.18. The smallest absolute Gasteiger partial charge is 0.462 e. The molecule has 8 nitrogen and oxygen atoms in total. The minimum Gasteiger partial charge on any atom is -0.462 e. The van der Waals surface area contributed by atoms with Gasteiger partial charge in [-0.05, 0) is 38.5 Å². The molecule has 0 fully saturated rings. The average Bonchev–Trinajstić information content (AvgIpc) is 3.14. The van der Waals surface area contributed by atoms with Gasteiger partial charge in [-0.15, -0.1) is 0 Å². The van der Waals surface area contributed by atoms with Crippen LogP contribution in [0.25, 0.3) is 0 Å². The minimum atomic E-state index is -4.75. The monoisotopic (exact) mass is 787 g/mol. The molecule has 0 rings (SSSR count). The summed E-state index contributed by atoms with van der Waals surface area (Å²) in [5.41, 5.74) is 0. The molecule has 0 spiro atoms. The number of rotatable bonds is 43. The molecule has 0 amide bonds. The van der Waals surface area contributed by atoms with E-state index in [2.05, 4.69) is 30.5 Å². The van der Waals surface area contributed by atoms with Gasteiger partial charge in [0.2, 0.25) is 0 Å². The summed E-state index contributed by atoms with van der Waals surface area (Å²) in [7, 11) is -4.75. The van der Waals surface area contributed by atoms with Crippen LogP contribution in [-0.2, 0) is 28.2 Å². The molecule has 0 radical (unpaired) electrons. The summed E-state index contributed by atoms with van der Waals surface area (Å²) < 4.78 is 26.4. The zero-order valence-electron chi connectivity index (χ0n) is 35.4. The quantitative estimate of drug-likeness (QED) is 0.0271. The molecule has 0 aliphatic rings. The molecule has 320 valence electrons. The number of unbranched alkanes of at least 4 members (excludes halogenated alkanes) is 31. The van der Waals surface area contributed by atoms with E-state index in [-0.39, 0.29) is 19.4 Å². The molecule has 0 aliphatic heterocycles. The van der Waals surface area contributed by atoms with Gasteiger partial charge in [0.25, 0.3) is 0 Å². The Morgan fingerprint density at radius 2 is 0.778 bits per heavy atom. The van der Waals surface area contributed by atoms with E-state index in [1.54, 1.807) is 0 Å². The molecule has 2 N–H and O–H groups in total. The SMILES string of the molecule is CCCCCCCC/C=C/CCCCCCCC(=O)O[C@H](COC(=O)CCCCCCCCCCCCCCCCCCCCCCC)COP(=O)(O)O. The topological polar surface area (TPSA) is 119 Å². The van der Waals surface area contributed by atoms with Gasteiger partial charge in [0.1, 0.15) is 6.61 Å². The number of allylic oxidation sites excluding steroid dienone is 2. The van der Waals surface area contributed by atoms with Crippen LogP contribution in [0.5, 0.6) is 0 Å². The highest BCUT2D eigenvalue weighted by atomic mass is 31.2. The van der Waals surface area contributed by atoms with Crippen LogP contribution in [0.1, 0.15) is 245 Å². The number of hydrogen-bond donors (Lipinski definition) is 2. The molecule has 9 heteroatoms. The van der Waals surface area contributed by atoms with E-state index in [1.165, 1.54) is 161 Å². The van der Waals surface area contributed by atoms with Crippen molar-refractivity contribution in [2.75, 3.05) is 13.2 Å². The van der Waals surface area contributed by atoms with Crippen LogP contribution < -0.4 is 0 Å². The summed E-state index contributed by atoms with van der Waals surface area (Å²) in [6, 6.07) is 0. The summed E-state index contributed by atoms with van der Waals surface area (Å²) in [5.74, 6) is -0.880. The minimum absolute atomic E-state index is 0.206. The molecule has 0 aromatic rings. The van der Waals surface area contributed by atoms with E-state index in [1.807, 2.05) is 0 Å². The number of carbonyl (C=O) groups excluding carboxylic acids is 2. The van der Waals surface area contributed by atoms with Crippen LogP contribution in [-0.4, -0.2) is 41.0 Å². The maximum Gasteiger partial charge on any atom is 0.469 e. The largest absolute Gasteiger partial charge is 0.469 e. The van der Waals surface area contributed by atoms with Crippen molar-refractivity contribution in [3.05, 3.63) is 12.2 Å². The van der Waals surface area contributed by atoms with E-state index in [9.17, 15) is 14.2 Å². The molecule has 1 atom stereocenters. The summed E-state index contributed by atoms with van der Waals surface area (Å²) in [5, 5.41) is 0. The van der Waals surface area contributed by atoms with E-state index < -0.39 is 32.5 Å². The van der Waals surface area contributed by atoms with Gasteiger partial charge in [0.05, 0.1) is 6.61 Å². The van der Waals surface area contributed by atoms with Crippen molar-refractivity contribution in [3.8, 4) is 0 Å². The molecular formula is C45H87O8P. The van der Waals surface area contributed by atoms with E-state index in [4.69, 9.17) is 19.3 Å². The second-order valence-corrected chi connectivity index (χ2v) is 17.0. The highest BCUT2D eigenvalue weighted by Gasteiger charge is 2.23. The Hall–Kier alpha value is -1.21. The van der Waals surface area contributed by atoms with Crippen LogP contribution in [0.2, 0.25) is 0 Å². The number of carbonyl (C=O) groups is 2. The van der Waals surface area contributed by atoms with Gasteiger partial charge in [-0.2, -0.15) is 0 Å². The van der Waals surface area contributed by atoms with Crippen molar-refractivity contribution < 1.29 is 37.9 Å². The third-order valence-corrected chi connectivity index (χ3v) is 10.8. The standard InChI is InChI=1S/C45H87O8P/c1-3-5-7-9-11-13-15-17-19-20-21-22-23-24-26-27-29-31-33-35-37-39-44(46)51-41-43(42-52-54(48,49)50)53-45(47)40-38-36-34-32-30-28-25-18-16-14-12-10-8-6-4-2/h18,25,43H,3-17,19-24,26-42H2,1-2H3,(H2,48,49,50)/b25-18+/t43-/m1/s1. The van der Waals surface area contributed by atoms with Crippen LogP contribution in [0.4, 0.5) is 0 Å². The zero-order chi connectivity index (χ0) is 39.6. The molecule has 0 saturated heterocycles. The van der Waals surface area contributed by atoms with Crippen LogP contribution >= 0.6 is 7.82 Å². The first-order valence-electron chi connectivity index (χ1n) is 23.0. The van der Waals surface area contributed by atoms with Crippen molar-refractivity contribution in [2.24, 2.45) is 0 Å². The second kappa shape index (κ2) is 41.4. The fourth-order valence-electron chi connectivity index (χ4n) is 6.84. The number of phosphoric acid groups is 1. The Kier molecular flexibility index (Phi) is 40.5. The Morgan fingerprint density at radius 3 is 1.13 bits per heavy atom. The number of hydrogen-bond acceptors (Lipinski definition) is 6. The first-order valence-corrected chi connectivity index (χ1v) is 24.5. The molecule has 54 heavy (non-hydrogen) atoms. The maximum atomic E-state index is 12.4. The Bertz CT molecular complexity index is 889. The maximum absolute atomic E-state index is 12.4. The number of phosphoric ester groups is 1. The van der Waals surface area contributed by atoms with E-state index >= 15 is 0 Å². The summed E-state index contributed by atoms with van der Waals surface area (Å²) in [4.78, 5) is 42.9. The third-order valence-electron chi connectivity index (χ3n) is 10.3. The van der Waals surface area contributed by atoms with Crippen molar-refractivity contribution in [1.29, 1.82) is 0 Å². The first kappa shape index (κ1) is 52.8. The molecule has 0 aromatic heterocycles. The van der Waals surface area contributed by atoms with Crippen molar-refractivity contribution in [3.63, 3.8) is 0 Å². The number of ether oxygens (including phenoxy) is 2. The number of esters is 2. The fourth-order valence-corrected chi connectivity index (χ4v) is 7.20. The lowest BCUT2D eigenvalue weighted by Crippen LogP contribution is -2.29. The van der Waals surface area contributed by atoms with Crippen LogP contribution in [0.15, 0.2) is 12.2 Å². The van der Waals surface area contributed by atoms with Gasteiger partial charge in [-0.25, -0.2) is 4.57 Å². The molecule has 0 unspecified atom stereocenters. The van der Waals surface area contributed by atoms with Crippen LogP contribution in [0.3, 0.4) is 0 Å². The normalized spacial score (nSPS) is 12.4. The van der Waals surface area contributed by atoms with Gasteiger partial charge in [0, 0.05) is 12.8 Å². The summed E-state index contributed by atoms with van der Waals surface area (Å²) in [6.45, 7) is 3.71. The van der Waals surface area contributed by atoms with Gasteiger partial charge in [-0.3, -0.25) is 14.1 Å². The first-order chi connectivity index (χ1) is 26.3. The highest BCUT2D eigenvalue weighted by molar-refractivity contribution is 7.46. The molecule has 0 heterocycles. The predicted molar refractivity (Wildman–Crippen MR) is 226 cm³/mol. The van der Waals surface area contributed by atoms with Crippen molar-refractivity contribution in [2.45, 2.75) is 251 Å².